The second-order valence-electron chi connectivity index (χ2n) is 8.10. The number of pyridine rings is 1. The van der Waals surface area contributed by atoms with Gasteiger partial charge in [-0.25, -0.2) is 4.98 Å². The minimum Gasteiger partial charge on any atom is -0.378 e. The first-order valence-corrected chi connectivity index (χ1v) is 10.3. The van der Waals surface area contributed by atoms with E-state index in [9.17, 15) is 9.59 Å². The lowest BCUT2D eigenvalue weighted by molar-refractivity contribution is -0.149. The average Bonchev–Trinajstić information content (AvgIpc) is 3.35. The Morgan fingerprint density at radius 1 is 1.21 bits per heavy atom. The van der Waals surface area contributed by atoms with E-state index in [1.807, 2.05) is 4.90 Å². The van der Waals surface area contributed by atoms with E-state index in [0.29, 0.717) is 50.3 Å². The first-order chi connectivity index (χ1) is 14.2. The summed E-state index contributed by atoms with van der Waals surface area (Å²) in [6, 6.07) is 3.42. The fraction of sp³-hybridized carbons (Fsp3) is 0.600. The lowest BCUT2D eigenvalue weighted by atomic mass is 9.84. The van der Waals surface area contributed by atoms with Crippen LogP contribution in [0.15, 0.2) is 22.9 Å². The summed E-state index contributed by atoms with van der Waals surface area (Å²) in [4.78, 5) is 34.6. The molecule has 3 fully saturated rings. The Morgan fingerprint density at radius 2 is 2.07 bits per heavy atom. The SMILES string of the molecule is O=C(N[C@@H]1CN2CCCC[C@@]2(C(=O)N2CCOCC2)C1)c1onc2ncccc12. The van der Waals surface area contributed by atoms with Gasteiger partial charge in [0.15, 0.2) is 0 Å². The van der Waals surface area contributed by atoms with Gasteiger partial charge in [-0.1, -0.05) is 5.16 Å². The van der Waals surface area contributed by atoms with Gasteiger partial charge >= 0.3 is 0 Å². The molecule has 0 saturated carbocycles. The first kappa shape index (κ1) is 18.5. The zero-order valence-electron chi connectivity index (χ0n) is 16.3. The third kappa shape index (κ3) is 3.18. The van der Waals surface area contributed by atoms with E-state index in [-0.39, 0.29) is 23.6 Å². The highest BCUT2D eigenvalue weighted by atomic mass is 16.5. The number of rotatable bonds is 3. The number of aromatic nitrogens is 2. The van der Waals surface area contributed by atoms with Crippen molar-refractivity contribution in [3.63, 3.8) is 0 Å². The van der Waals surface area contributed by atoms with Crippen LogP contribution in [0.3, 0.4) is 0 Å². The number of carbonyl (C=O) groups excluding carboxylic acids is 2. The summed E-state index contributed by atoms with van der Waals surface area (Å²) in [6.45, 7) is 4.03. The lowest BCUT2D eigenvalue weighted by Crippen LogP contribution is -2.60. The van der Waals surface area contributed by atoms with Gasteiger partial charge in [-0.05, 0) is 44.4 Å². The van der Waals surface area contributed by atoms with Crippen molar-refractivity contribution in [3.8, 4) is 0 Å². The van der Waals surface area contributed by atoms with Gasteiger partial charge in [0.2, 0.25) is 17.3 Å². The molecule has 5 heterocycles. The zero-order valence-corrected chi connectivity index (χ0v) is 16.3. The summed E-state index contributed by atoms with van der Waals surface area (Å²) in [5.41, 5.74) is -0.0982. The van der Waals surface area contributed by atoms with Crippen molar-refractivity contribution in [2.24, 2.45) is 0 Å². The molecule has 9 heteroatoms. The second kappa shape index (κ2) is 7.38. The van der Waals surface area contributed by atoms with Crippen molar-refractivity contribution in [2.45, 2.75) is 37.3 Å². The minimum absolute atomic E-state index is 0.109. The van der Waals surface area contributed by atoms with Gasteiger partial charge < -0.3 is 19.5 Å². The van der Waals surface area contributed by atoms with Crippen LogP contribution in [0.1, 0.15) is 36.2 Å². The molecule has 0 spiro atoms. The molecule has 3 aliphatic heterocycles. The molecule has 1 N–H and O–H groups in total. The molecule has 29 heavy (non-hydrogen) atoms. The van der Waals surface area contributed by atoms with Gasteiger partial charge in [-0.15, -0.1) is 0 Å². The van der Waals surface area contributed by atoms with E-state index in [4.69, 9.17) is 9.26 Å². The Labute approximate surface area is 168 Å². The van der Waals surface area contributed by atoms with E-state index < -0.39 is 5.54 Å². The van der Waals surface area contributed by atoms with E-state index in [2.05, 4.69) is 20.4 Å². The Bertz CT molecular complexity index is 924. The van der Waals surface area contributed by atoms with Crippen LogP contribution < -0.4 is 5.32 Å². The van der Waals surface area contributed by atoms with Crippen molar-refractivity contribution in [2.75, 3.05) is 39.4 Å². The number of piperidine rings is 1. The summed E-state index contributed by atoms with van der Waals surface area (Å²) >= 11 is 0. The second-order valence-corrected chi connectivity index (χ2v) is 8.10. The van der Waals surface area contributed by atoms with Crippen molar-refractivity contribution >= 4 is 22.8 Å². The van der Waals surface area contributed by atoms with Crippen LogP contribution in [0, 0.1) is 0 Å². The molecule has 3 aliphatic rings. The number of carbonyl (C=O) groups is 2. The third-order valence-corrected chi connectivity index (χ3v) is 6.39. The predicted octanol–water partition coefficient (Wildman–Crippen LogP) is 0.808. The fourth-order valence-corrected chi connectivity index (χ4v) is 5.01. The smallest absolute Gasteiger partial charge is 0.290 e. The molecule has 0 aliphatic carbocycles. The molecule has 0 aromatic carbocycles. The normalized spacial score (nSPS) is 27.7. The Balaban J connectivity index is 1.34. The Kier molecular flexibility index (Phi) is 4.71. The van der Waals surface area contributed by atoms with Crippen LogP contribution in [0.25, 0.3) is 11.0 Å². The molecule has 2 aromatic heterocycles. The molecule has 2 amide bonds. The Morgan fingerprint density at radius 3 is 2.93 bits per heavy atom. The Hall–Kier alpha value is -2.52. The summed E-state index contributed by atoms with van der Waals surface area (Å²) in [7, 11) is 0. The van der Waals surface area contributed by atoms with Crippen molar-refractivity contribution in [3.05, 3.63) is 24.1 Å². The van der Waals surface area contributed by atoms with Crippen LogP contribution in [0.4, 0.5) is 0 Å². The predicted molar refractivity (Wildman–Crippen MR) is 103 cm³/mol. The molecular formula is C20H25N5O4. The fourth-order valence-electron chi connectivity index (χ4n) is 5.01. The number of ether oxygens (including phenoxy) is 1. The molecule has 9 nitrogen and oxygen atoms in total. The number of hydrogen-bond acceptors (Lipinski definition) is 7. The molecule has 0 bridgehead atoms. The molecular weight excluding hydrogens is 374 g/mol. The van der Waals surface area contributed by atoms with Gasteiger partial charge in [-0.3, -0.25) is 14.5 Å². The standard InChI is InChI=1S/C20H25N5O4/c26-18(16-15-4-3-6-21-17(15)23-29-16)22-14-12-20(5-1-2-7-25(20)13-14)19(27)24-8-10-28-11-9-24/h3-4,6,14H,1-2,5,7-13H2,(H,22,26)/t14-,20-/m0/s1. The summed E-state index contributed by atoms with van der Waals surface area (Å²) in [5, 5.41) is 7.53. The zero-order chi connectivity index (χ0) is 19.8. The highest BCUT2D eigenvalue weighted by molar-refractivity contribution is 6.02. The number of hydrogen-bond donors (Lipinski definition) is 1. The van der Waals surface area contributed by atoms with Crippen LogP contribution >= 0.6 is 0 Å². The highest BCUT2D eigenvalue weighted by Gasteiger charge is 2.53. The van der Waals surface area contributed by atoms with E-state index in [1.165, 1.54) is 0 Å². The maximum atomic E-state index is 13.5. The molecule has 3 saturated heterocycles. The first-order valence-electron chi connectivity index (χ1n) is 10.3. The maximum absolute atomic E-state index is 13.5. The molecule has 154 valence electrons. The van der Waals surface area contributed by atoms with E-state index in [1.54, 1.807) is 18.3 Å². The largest absolute Gasteiger partial charge is 0.378 e. The van der Waals surface area contributed by atoms with E-state index in [0.717, 1.165) is 25.8 Å². The number of nitrogens with one attached hydrogen (secondary N) is 1. The summed E-state index contributed by atoms with van der Waals surface area (Å²) in [5.74, 6) is 0.0532. The summed E-state index contributed by atoms with van der Waals surface area (Å²) in [6.07, 6.45) is 5.19. The van der Waals surface area contributed by atoms with Gasteiger partial charge in [0.05, 0.1) is 18.6 Å². The topological polar surface area (TPSA) is 101 Å². The van der Waals surface area contributed by atoms with Crippen LogP contribution in [-0.4, -0.2) is 82.7 Å². The molecule has 5 rings (SSSR count). The monoisotopic (exact) mass is 399 g/mol. The van der Waals surface area contributed by atoms with E-state index >= 15 is 0 Å². The van der Waals surface area contributed by atoms with Crippen molar-refractivity contribution < 1.29 is 18.8 Å². The summed E-state index contributed by atoms with van der Waals surface area (Å²) < 4.78 is 10.7. The minimum atomic E-state index is -0.515. The number of amides is 2. The van der Waals surface area contributed by atoms with Gasteiger partial charge in [0.25, 0.3) is 5.91 Å². The molecule has 0 radical (unpaired) electrons. The molecule has 2 aromatic rings. The highest BCUT2D eigenvalue weighted by Crippen LogP contribution is 2.39. The number of fused-ring (bicyclic) bond motifs is 2. The van der Waals surface area contributed by atoms with Gasteiger partial charge in [0, 0.05) is 31.9 Å². The van der Waals surface area contributed by atoms with Crippen LogP contribution in [0.2, 0.25) is 0 Å². The van der Waals surface area contributed by atoms with Crippen LogP contribution in [-0.2, 0) is 9.53 Å². The number of nitrogens with zero attached hydrogens (tertiary/aromatic N) is 4. The maximum Gasteiger partial charge on any atom is 0.290 e. The quantitative estimate of drug-likeness (QED) is 0.815. The lowest BCUT2D eigenvalue weighted by Gasteiger charge is -2.44. The molecule has 0 unspecified atom stereocenters. The van der Waals surface area contributed by atoms with Gasteiger partial charge in [-0.2, -0.15) is 0 Å². The molecule has 2 atom stereocenters. The van der Waals surface area contributed by atoms with Gasteiger partial charge in [0.1, 0.15) is 5.54 Å². The average molecular weight is 399 g/mol. The third-order valence-electron chi connectivity index (χ3n) is 6.39. The number of morpholine rings is 1. The van der Waals surface area contributed by atoms with Crippen molar-refractivity contribution in [1.29, 1.82) is 0 Å². The van der Waals surface area contributed by atoms with Crippen molar-refractivity contribution in [1.82, 2.24) is 25.3 Å². The van der Waals surface area contributed by atoms with Crippen LogP contribution in [0.5, 0.6) is 0 Å².